The van der Waals surface area contributed by atoms with Crippen molar-refractivity contribution in [1.29, 1.82) is 0 Å². The lowest BCUT2D eigenvalue weighted by Gasteiger charge is -2.11. The van der Waals surface area contributed by atoms with E-state index in [-0.39, 0.29) is 30.7 Å². The maximum absolute atomic E-state index is 13.1. The molecule has 4 heteroatoms. The second-order valence-electron chi connectivity index (χ2n) is 7.39. The maximum atomic E-state index is 13.1. The number of carbonyl (C=O) groups is 2. The van der Waals surface area contributed by atoms with Crippen LogP contribution in [0.1, 0.15) is 35.2 Å². The third-order valence-corrected chi connectivity index (χ3v) is 5.25. The number of fused-ring (bicyclic) bond motifs is 1. The molecule has 0 fully saturated rings. The second kappa shape index (κ2) is 8.78. The minimum absolute atomic E-state index is 0.0294. The minimum Gasteiger partial charge on any atom is -0.457 e. The third-order valence-electron chi connectivity index (χ3n) is 5.25. The van der Waals surface area contributed by atoms with E-state index in [9.17, 15) is 9.59 Å². The highest BCUT2D eigenvalue weighted by molar-refractivity contribution is 6.14. The Morgan fingerprint density at radius 2 is 1.50 bits per heavy atom. The van der Waals surface area contributed by atoms with Crippen LogP contribution in [-0.2, 0) is 9.53 Å². The number of rotatable bonds is 7. The zero-order valence-electron chi connectivity index (χ0n) is 16.8. The molecule has 0 saturated carbocycles. The zero-order valence-corrected chi connectivity index (χ0v) is 16.8. The van der Waals surface area contributed by atoms with Gasteiger partial charge in [0.1, 0.15) is 0 Å². The Morgan fingerprint density at radius 3 is 2.23 bits per heavy atom. The quantitative estimate of drug-likeness (QED) is 0.319. The van der Waals surface area contributed by atoms with Crippen molar-refractivity contribution in [2.24, 2.45) is 0 Å². The summed E-state index contributed by atoms with van der Waals surface area (Å²) in [5.41, 5.74) is 4.17. The van der Waals surface area contributed by atoms with Crippen molar-refractivity contribution in [3.63, 3.8) is 0 Å². The average Bonchev–Trinajstić information content (AvgIpc) is 3.18. The summed E-state index contributed by atoms with van der Waals surface area (Å²) in [6, 6.07) is 27.2. The molecule has 0 bridgehead atoms. The monoisotopic (exact) mass is 397 g/mol. The molecule has 4 nitrogen and oxygen atoms in total. The molecule has 0 aliphatic rings. The minimum atomic E-state index is -0.374. The largest absolute Gasteiger partial charge is 0.457 e. The lowest BCUT2D eigenvalue weighted by molar-refractivity contribution is -0.142. The number of H-pyrrole nitrogens is 1. The van der Waals surface area contributed by atoms with E-state index in [2.05, 4.69) is 4.98 Å². The molecule has 1 aromatic heterocycles. The van der Waals surface area contributed by atoms with Crippen LogP contribution >= 0.6 is 0 Å². The topological polar surface area (TPSA) is 59.2 Å². The number of aromatic amines is 1. The molecule has 0 radical (unpaired) electrons. The fourth-order valence-electron chi connectivity index (χ4n) is 3.68. The van der Waals surface area contributed by atoms with Crippen LogP contribution in [0.5, 0.6) is 0 Å². The van der Waals surface area contributed by atoms with Crippen LogP contribution in [0, 0.1) is 0 Å². The molecular formula is C26H23NO3. The molecule has 0 unspecified atom stereocenters. The summed E-state index contributed by atoms with van der Waals surface area (Å²) >= 11 is 0. The zero-order chi connectivity index (χ0) is 20.9. The molecule has 0 spiro atoms. The van der Waals surface area contributed by atoms with Gasteiger partial charge in [-0.05, 0) is 23.1 Å². The number of nitrogens with one attached hydrogen (secondary N) is 1. The van der Waals surface area contributed by atoms with Crippen molar-refractivity contribution in [1.82, 2.24) is 4.98 Å². The van der Waals surface area contributed by atoms with Gasteiger partial charge in [-0.15, -0.1) is 0 Å². The van der Waals surface area contributed by atoms with Gasteiger partial charge in [0.25, 0.3) is 0 Å². The Hall–Kier alpha value is -3.66. The molecule has 0 aliphatic heterocycles. The summed E-state index contributed by atoms with van der Waals surface area (Å²) in [4.78, 5) is 28.8. The number of carbonyl (C=O) groups excluding carboxylic acids is 2. The van der Waals surface area contributed by atoms with Crippen molar-refractivity contribution in [2.75, 3.05) is 6.61 Å². The lowest BCUT2D eigenvalue weighted by atomic mass is 9.98. The summed E-state index contributed by atoms with van der Waals surface area (Å²) in [7, 11) is 0. The van der Waals surface area contributed by atoms with Crippen LogP contribution in [0.3, 0.4) is 0 Å². The highest BCUT2D eigenvalue weighted by atomic mass is 16.5. The number of para-hydroxylation sites is 1. The van der Waals surface area contributed by atoms with Gasteiger partial charge in [-0.3, -0.25) is 9.59 Å². The number of ether oxygens (including phenoxy) is 1. The van der Waals surface area contributed by atoms with E-state index in [4.69, 9.17) is 4.74 Å². The number of esters is 1. The van der Waals surface area contributed by atoms with Crippen LogP contribution in [0.25, 0.3) is 22.2 Å². The molecule has 0 aliphatic carbocycles. The summed E-state index contributed by atoms with van der Waals surface area (Å²) in [5.74, 6) is -0.561. The molecule has 0 saturated heterocycles. The first-order valence-corrected chi connectivity index (χ1v) is 10.0. The van der Waals surface area contributed by atoms with E-state index in [1.54, 1.807) is 0 Å². The number of hydrogen-bond donors (Lipinski definition) is 1. The molecule has 30 heavy (non-hydrogen) atoms. The van der Waals surface area contributed by atoms with Crippen LogP contribution in [0.15, 0.2) is 84.9 Å². The van der Waals surface area contributed by atoms with E-state index in [0.29, 0.717) is 5.56 Å². The standard InChI is InChI=1S/C26H23NO3/c1-18(19-10-4-2-5-11-19)16-24(29)30-17-23(28)25-21-14-8-9-15-22(21)27-26(25)20-12-6-3-7-13-20/h2-15,18,27H,16-17H2,1H3/t18-/m0/s1. The van der Waals surface area contributed by atoms with Crippen LogP contribution in [-0.4, -0.2) is 23.3 Å². The van der Waals surface area contributed by atoms with Gasteiger partial charge in [0, 0.05) is 10.9 Å². The van der Waals surface area contributed by atoms with Crippen LogP contribution in [0.2, 0.25) is 0 Å². The highest BCUT2D eigenvalue weighted by Gasteiger charge is 2.21. The number of aromatic nitrogens is 1. The molecule has 3 aromatic carbocycles. The van der Waals surface area contributed by atoms with Crippen molar-refractivity contribution in [2.45, 2.75) is 19.3 Å². The number of hydrogen-bond acceptors (Lipinski definition) is 3. The number of ketones is 1. The summed E-state index contributed by atoms with van der Waals surface area (Å²) in [6.45, 7) is 1.70. The Labute approximate surface area is 175 Å². The van der Waals surface area contributed by atoms with Gasteiger partial charge in [0.2, 0.25) is 5.78 Å². The van der Waals surface area contributed by atoms with Crippen molar-refractivity contribution in [3.8, 4) is 11.3 Å². The fraction of sp³-hybridized carbons (Fsp3) is 0.154. The molecule has 0 amide bonds. The predicted octanol–water partition coefficient (Wildman–Crippen LogP) is 5.75. The molecule has 1 N–H and O–H groups in total. The lowest BCUT2D eigenvalue weighted by Crippen LogP contribution is -2.16. The van der Waals surface area contributed by atoms with Crippen molar-refractivity contribution >= 4 is 22.7 Å². The Kier molecular flexibility index (Phi) is 5.75. The molecule has 1 heterocycles. The van der Waals surface area contributed by atoms with Gasteiger partial charge in [-0.25, -0.2) is 0 Å². The van der Waals surface area contributed by atoms with Crippen molar-refractivity contribution < 1.29 is 14.3 Å². The van der Waals surface area contributed by atoms with E-state index >= 15 is 0 Å². The Morgan fingerprint density at radius 1 is 0.867 bits per heavy atom. The van der Waals surface area contributed by atoms with E-state index in [0.717, 1.165) is 27.7 Å². The van der Waals surface area contributed by atoms with Gasteiger partial charge < -0.3 is 9.72 Å². The summed E-state index contributed by atoms with van der Waals surface area (Å²) < 4.78 is 5.36. The van der Waals surface area contributed by atoms with Gasteiger partial charge in [0.05, 0.1) is 17.7 Å². The smallest absolute Gasteiger partial charge is 0.306 e. The SMILES string of the molecule is C[C@@H](CC(=O)OCC(=O)c1c(-c2ccccc2)[nH]c2ccccc12)c1ccccc1. The first-order valence-electron chi connectivity index (χ1n) is 10.0. The highest BCUT2D eigenvalue weighted by Crippen LogP contribution is 2.30. The normalized spacial score (nSPS) is 11.9. The van der Waals surface area contributed by atoms with Gasteiger partial charge >= 0.3 is 5.97 Å². The van der Waals surface area contributed by atoms with Crippen molar-refractivity contribution in [3.05, 3.63) is 96.1 Å². The molecular weight excluding hydrogens is 374 g/mol. The Bertz CT molecular complexity index is 1160. The predicted molar refractivity (Wildman–Crippen MR) is 118 cm³/mol. The van der Waals surface area contributed by atoms with E-state index in [1.807, 2.05) is 91.9 Å². The Balaban J connectivity index is 1.51. The van der Waals surface area contributed by atoms with Gasteiger partial charge in [-0.2, -0.15) is 0 Å². The first-order chi connectivity index (χ1) is 14.6. The summed E-state index contributed by atoms with van der Waals surface area (Å²) in [6.07, 6.45) is 0.233. The second-order valence-corrected chi connectivity index (χ2v) is 7.39. The maximum Gasteiger partial charge on any atom is 0.306 e. The fourth-order valence-corrected chi connectivity index (χ4v) is 3.68. The first kappa shape index (κ1) is 19.6. The third kappa shape index (κ3) is 4.18. The van der Waals surface area contributed by atoms with Gasteiger partial charge in [-0.1, -0.05) is 85.8 Å². The van der Waals surface area contributed by atoms with Gasteiger partial charge in [0.15, 0.2) is 6.61 Å². The summed E-state index contributed by atoms with van der Waals surface area (Å²) in [5, 5.41) is 0.829. The van der Waals surface area contributed by atoms with E-state index in [1.165, 1.54) is 0 Å². The molecule has 4 rings (SSSR count). The molecule has 4 aromatic rings. The van der Waals surface area contributed by atoms with Crippen LogP contribution in [0.4, 0.5) is 0 Å². The number of Topliss-reactive ketones (excluding diaryl/α,β-unsaturated/α-hetero) is 1. The van der Waals surface area contributed by atoms with E-state index < -0.39 is 0 Å². The van der Waals surface area contributed by atoms with Crippen LogP contribution < -0.4 is 0 Å². The number of benzene rings is 3. The average molecular weight is 397 g/mol. The molecule has 150 valence electrons. The molecule has 1 atom stereocenters.